The summed E-state index contributed by atoms with van der Waals surface area (Å²) in [4.78, 5) is 0. The van der Waals surface area contributed by atoms with Crippen LogP contribution in [0.4, 0.5) is 13.2 Å². The number of hydrogen-bond donors (Lipinski definition) is 0. The molecule has 0 bridgehead atoms. The summed E-state index contributed by atoms with van der Waals surface area (Å²) in [5, 5.41) is 0. The van der Waals surface area contributed by atoms with Gasteiger partial charge in [-0.2, -0.15) is 4.39 Å². The molecule has 3 aromatic rings. The third kappa shape index (κ3) is 6.79. The van der Waals surface area contributed by atoms with Gasteiger partial charge < -0.3 is 14.2 Å². The molecule has 4 rings (SSSR count). The highest BCUT2D eigenvalue weighted by molar-refractivity contribution is 5.66. The topological polar surface area (TPSA) is 27.7 Å². The molecule has 0 aromatic heterocycles. The number of unbranched alkanes of at least 4 members (excludes halogenated alkanes) is 1. The summed E-state index contributed by atoms with van der Waals surface area (Å²) in [6, 6.07) is 15.1. The fourth-order valence-corrected chi connectivity index (χ4v) is 4.87. The van der Waals surface area contributed by atoms with Crippen molar-refractivity contribution >= 4 is 0 Å². The van der Waals surface area contributed by atoms with E-state index in [2.05, 4.69) is 6.92 Å². The number of rotatable bonds is 11. The number of halogens is 3. The molecule has 3 aromatic carbocycles. The van der Waals surface area contributed by atoms with Crippen molar-refractivity contribution in [3.8, 4) is 28.4 Å². The molecule has 0 aliphatic heterocycles. The summed E-state index contributed by atoms with van der Waals surface area (Å²) in [6.45, 7) is 5.39. The van der Waals surface area contributed by atoms with Crippen LogP contribution in [0.3, 0.4) is 0 Å². The maximum absolute atomic E-state index is 14.9. The minimum Gasteiger partial charge on any atom is -0.494 e. The van der Waals surface area contributed by atoms with Gasteiger partial charge in [-0.25, -0.2) is 8.78 Å². The zero-order chi connectivity index (χ0) is 26.2. The van der Waals surface area contributed by atoms with Gasteiger partial charge in [0.1, 0.15) is 17.3 Å². The van der Waals surface area contributed by atoms with Gasteiger partial charge in [-0.3, -0.25) is 0 Å². The Labute approximate surface area is 217 Å². The minimum absolute atomic E-state index is 0.0829. The van der Waals surface area contributed by atoms with Gasteiger partial charge in [0, 0.05) is 11.6 Å². The molecule has 0 N–H and O–H groups in total. The van der Waals surface area contributed by atoms with Gasteiger partial charge in [0.2, 0.25) is 5.82 Å². The Morgan fingerprint density at radius 2 is 1.49 bits per heavy atom. The Hall–Kier alpha value is -3.15. The first-order valence-electron chi connectivity index (χ1n) is 13.3. The van der Waals surface area contributed by atoms with E-state index in [0.717, 1.165) is 38.5 Å². The molecule has 0 saturated heterocycles. The highest BCUT2D eigenvalue weighted by Gasteiger charge is 2.26. The maximum atomic E-state index is 14.9. The van der Waals surface area contributed by atoms with Crippen molar-refractivity contribution in [2.45, 2.75) is 58.3 Å². The van der Waals surface area contributed by atoms with Crippen LogP contribution in [0.1, 0.15) is 63.9 Å². The highest BCUT2D eigenvalue weighted by Crippen LogP contribution is 2.38. The van der Waals surface area contributed by atoms with E-state index in [1.807, 2.05) is 19.1 Å². The molecule has 0 spiro atoms. The molecule has 37 heavy (non-hydrogen) atoms. The standard InChI is InChI=1S/C31H35F3O3/c1-3-5-18-36-24-12-10-23(11-13-24)27-16-17-29(31(34)30(27)33)37-20-21-6-8-22(9-7-21)26-15-14-25(35-4-2)19-28(26)32/h10-17,19,21-22H,3-9,18,20H2,1-2H3. The van der Waals surface area contributed by atoms with Crippen molar-refractivity contribution in [1.29, 1.82) is 0 Å². The van der Waals surface area contributed by atoms with E-state index in [-0.39, 0.29) is 29.0 Å². The average molecular weight is 513 g/mol. The predicted octanol–water partition coefficient (Wildman–Crippen LogP) is 8.70. The first-order chi connectivity index (χ1) is 18.0. The van der Waals surface area contributed by atoms with E-state index >= 15 is 0 Å². The minimum atomic E-state index is -0.981. The summed E-state index contributed by atoms with van der Waals surface area (Å²) in [5.41, 5.74) is 1.47. The second-order valence-corrected chi connectivity index (χ2v) is 9.61. The zero-order valence-electron chi connectivity index (χ0n) is 21.6. The molecule has 198 valence electrons. The lowest BCUT2D eigenvalue weighted by atomic mass is 9.79. The Kier molecular flexibility index (Phi) is 9.37. The first kappa shape index (κ1) is 26.9. The van der Waals surface area contributed by atoms with Gasteiger partial charge in [0.05, 0.1) is 19.8 Å². The molecule has 1 aliphatic rings. The van der Waals surface area contributed by atoms with Crippen LogP contribution in [0.15, 0.2) is 54.6 Å². The lowest BCUT2D eigenvalue weighted by Crippen LogP contribution is -2.20. The Morgan fingerprint density at radius 3 is 2.16 bits per heavy atom. The molecule has 0 radical (unpaired) electrons. The number of benzene rings is 3. The quantitative estimate of drug-likeness (QED) is 0.241. The van der Waals surface area contributed by atoms with Gasteiger partial charge in [-0.1, -0.05) is 31.5 Å². The molecule has 0 amide bonds. The summed E-state index contributed by atoms with van der Waals surface area (Å²) in [7, 11) is 0. The van der Waals surface area contributed by atoms with Crippen molar-refractivity contribution in [2.75, 3.05) is 19.8 Å². The molecule has 0 atom stereocenters. The molecule has 1 fully saturated rings. The van der Waals surface area contributed by atoms with Gasteiger partial charge in [-0.15, -0.1) is 0 Å². The first-order valence-corrected chi connectivity index (χ1v) is 13.3. The summed E-state index contributed by atoms with van der Waals surface area (Å²) >= 11 is 0. The van der Waals surface area contributed by atoms with E-state index < -0.39 is 11.6 Å². The van der Waals surface area contributed by atoms with E-state index in [1.165, 1.54) is 12.1 Å². The third-order valence-electron chi connectivity index (χ3n) is 7.02. The molecular weight excluding hydrogens is 477 g/mol. The Balaban J connectivity index is 1.31. The number of ether oxygens (including phenoxy) is 3. The molecule has 0 heterocycles. The van der Waals surface area contributed by atoms with Crippen LogP contribution < -0.4 is 14.2 Å². The zero-order valence-corrected chi connectivity index (χ0v) is 21.6. The van der Waals surface area contributed by atoms with Crippen LogP contribution in [-0.2, 0) is 0 Å². The lowest BCUT2D eigenvalue weighted by Gasteiger charge is -2.29. The molecule has 1 saturated carbocycles. The second-order valence-electron chi connectivity index (χ2n) is 9.61. The monoisotopic (exact) mass is 512 g/mol. The van der Waals surface area contributed by atoms with Crippen molar-refractivity contribution in [2.24, 2.45) is 5.92 Å². The van der Waals surface area contributed by atoms with Crippen LogP contribution in [0.2, 0.25) is 0 Å². The fraction of sp³-hybridized carbons (Fsp3) is 0.419. The molecule has 1 aliphatic carbocycles. The summed E-state index contributed by atoms with van der Waals surface area (Å²) in [6.07, 6.45) is 5.34. The largest absolute Gasteiger partial charge is 0.494 e. The molecule has 6 heteroatoms. The molecule has 0 unspecified atom stereocenters. The van der Waals surface area contributed by atoms with Gasteiger partial charge in [0.25, 0.3) is 0 Å². The van der Waals surface area contributed by atoms with Gasteiger partial charge in [-0.05, 0) is 92.3 Å². The fourth-order valence-electron chi connectivity index (χ4n) is 4.87. The van der Waals surface area contributed by atoms with Crippen molar-refractivity contribution in [3.05, 3.63) is 77.6 Å². The van der Waals surface area contributed by atoms with Crippen LogP contribution >= 0.6 is 0 Å². The van der Waals surface area contributed by atoms with E-state index in [0.29, 0.717) is 42.4 Å². The summed E-state index contributed by atoms with van der Waals surface area (Å²) in [5.74, 6) is -0.619. The second kappa shape index (κ2) is 12.9. The van der Waals surface area contributed by atoms with Crippen LogP contribution in [0.5, 0.6) is 17.2 Å². The van der Waals surface area contributed by atoms with E-state index in [1.54, 1.807) is 30.3 Å². The lowest BCUT2D eigenvalue weighted by molar-refractivity contribution is 0.192. The van der Waals surface area contributed by atoms with Gasteiger partial charge in [0.15, 0.2) is 11.6 Å². The van der Waals surface area contributed by atoms with Crippen molar-refractivity contribution in [3.63, 3.8) is 0 Å². The van der Waals surface area contributed by atoms with E-state index in [9.17, 15) is 13.2 Å². The van der Waals surface area contributed by atoms with Crippen molar-refractivity contribution < 1.29 is 27.4 Å². The summed E-state index contributed by atoms with van der Waals surface area (Å²) < 4.78 is 61.0. The van der Waals surface area contributed by atoms with Gasteiger partial charge >= 0.3 is 0 Å². The average Bonchev–Trinajstić information content (AvgIpc) is 2.91. The Morgan fingerprint density at radius 1 is 0.757 bits per heavy atom. The van der Waals surface area contributed by atoms with Crippen LogP contribution in [0.25, 0.3) is 11.1 Å². The molecule has 3 nitrogen and oxygen atoms in total. The number of hydrogen-bond acceptors (Lipinski definition) is 3. The van der Waals surface area contributed by atoms with Crippen molar-refractivity contribution in [1.82, 2.24) is 0 Å². The smallest absolute Gasteiger partial charge is 0.201 e. The maximum Gasteiger partial charge on any atom is 0.201 e. The predicted molar refractivity (Wildman–Crippen MR) is 140 cm³/mol. The normalized spacial score (nSPS) is 17.4. The van der Waals surface area contributed by atoms with E-state index in [4.69, 9.17) is 14.2 Å². The third-order valence-corrected chi connectivity index (χ3v) is 7.02. The Bertz CT molecular complexity index is 1160. The van der Waals surface area contributed by atoms with Crippen LogP contribution in [0, 0.1) is 23.4 Å². The SMILES string of the molecule is CCCCOc1ccc(-c2ccc(OCC3CCC(c4ccc(OCC)cc4F)CC3)c(F)c2F)cc1. The van der Waals surface area contributed by atoms with Crippen LogP contribution in [-0.4, -0.2) is 19.8 Å². The molecular formula is C31H35F3O3. The highest BCUT2D eigenvalue weighted by atomic mass is 19.2.